The van der Waals surface area contributed by atoms with Gasteiger partial charge in [0.1, 0.15) is 5.75 Å². The van der Waals surface area contributed by atoms with Crippen LogP contribution in [0.3, 0.4) is 0 Å². The van der Waals surface area contributed by atoms with Gasteiger partial charge in [0.25, 0.3) is 0 Å². The van der Waals surface area contributed by atoms with E-state index in [4.69, 9.17) is 9.47 Å². The number of carbonyl (C=O) groups is 2. The van der Waals surface area contributed by atoms with E-state index < -0.39 is 22.0 Å². The van der Waals surface area contributed by atoms with E-state index in [0.29, 0.717) is 49.7 Å². The van der Waals surface area contributed by atoms with Gasteiger partial charge in [-0.05, 0) is 43.7 Å². The van der Waals surface area contributed by atoms with Crippen molar-refractivity contribution in [3.63, 3.8) is 0 Å². The number of methoxy groups -OCH3 is 1. The van der Waals surface area contributed by atoms with Gasteiger partial charge in [-0.25, -0.2) is 18.0 Å². The fourth-order valence-corrected chi connectivity index (χ4v) is 6.07. The maximum absolute atomic E-state index is 13.2. The maximum Gasteiger partial charge on any atom is 0.338 e. The Hall–Kier alpha value is -3.41. The Morgan fingerprint density at radius 2 is 1.66 bits per heavy atom. The smallest absolute Gasteiger partial charge is 0.338 e. The number of nitrogens with one attached hydrogen (secondary N) is 1. The van der Waals surface area contributed by atoms with E-state index in [9.17, 15) is 18.0 Å². The molecule has 0 saturated carbocycles. The molecule has 2 aromatic rings. The van der Waals surface area contributed by atoms with Gasteiger partial charge in [-0.2, -0.15) is 4.31 Å². The van der Waals surface area contributed by atoms with Crippen molar-refractivity contribution in [2.45, 2.75) is 24.8 Å². The first-order valence-corrected chi connectivity index (χ1v) is 14.0. The van der Waals surface area contributed by atoms with E-state index in [-0.39, 0.29) is 17.5 Å². The average Bonchev–Trinajstić information content (AvgIpc) is 2.92. The molecule has 0 aromatic heterocycles. The Bertz CT molecular complexity index is 1300. The molecule has 4 rings (SSSR count). The van der Waals surface area contributed by atoms with E-state index >= 15 is 0 Å². The molecule has 10 nitrogen and oxygen atoms in total. The number of rotatable bonds is 8. The first kappa shape index (κ1) is 27.6. The summed E-state index contributed by atoms with van der Waals surface area (Å²) in [6, 6.07) is 13.0. The molecular formula is C27H34N4O6S. The third kappa shape index (κ3) is 5.69. The first-order valence-electron chi connectivity index (χ1n) is 12.5. The van der Waals surface area contributed by atoms with Crippen molar-refractivity contribution in [3.8, 4) is 5.75 Å². The highest BCUT2D eigenvalue weighted by Crippen LogP contribution is 2.32. The summed E-state index contributed by atoms with van der Waals surface area (Å²) in [5.74, 6) is 0.157. The highest BCUT2D eigenvalue weighted by Gasteiger charge is 2.38. The van der Waals surface area contributed by atoms with Crippen LogP contribution in [0.4, 0.5) is 4.79 Å². The van der Waals surface area contributed by atoms with Gasteiger partial charge in [-0.15, -0.1) is 0 Å². The Morgan fingerprint density at radius 1 is 1.03 bits per heavy atom. The Labute approximate surface area is 223 Å². The van der Waals surface area contributed by atoms with Crippen LogP contribution >= 0.6 is 0 Å². The van der Waals surface area contributed by atoms with Crippen LogP contribution in [0.25, 0.3) is 0 Å². The summed E-state index contributed by atoms with van der Waals surface area (Å²) in [5, 5.41) is 2.91. The number of ether oxygens (including phenoxy) is 2. The summed E-state index contributed by atoms with van der Waals surface area (Å²) >= 11 is 0. The van der Waals surface area contributed by atoms with E-state index in [1.807, 2.05) is 6.92 Å². The number of aryl methyl sites for hydroxylation is 1. The minimum absolute atomic E-state index is 0.193. The van der Waals surface area contributed by atoms with Gasteiger partial charge < -0.3 is 14.8 Å². The van der Waals surface area contributed by atoms with Crippen molar-refractivity contribution in [2.24, 2.45) is 0 Å². The molecule has 204 valence electrons. The number of likely N-dealkylation sites (N-methyl/N-ethyl adjacent to an activating group) is 1. The number of urea groups is 1. The Kier molecular flexibility index (Phi) is 8.39. The Morgan fingerprint density at radius 3 is 2.24 bits per heavy atom. The molecule has 1 fully saturated rings. The molecule has 2 aliphatic rings. The van der Waals surface area contributed by atoms with Crippen LogP contribution in [0.2, 0.25) is 0 Å². The van der Waals surface area contributed by atoms with E-state index in [1.54, 1.807) is 69.6 Å². The number of carbonyl (C=O) groups excluding carboxylic acids is 2. The number of sulfonamides is 1. The first-order chi connectivity index (χ1) is 18.1. The summed E-state index contributed by atoms with van der Waals surface area (Å²) in [6.45, 7) is 5.64. The standard InChI is InChI=1S/C27H34N4O6S/c1-5-37-26(32)24-23(29(3)27(33)28-25(24)20-8-10-21(36-4)11-9-20)18-30-14-16-31(17-15-30)38(34,35)22-12-6-19(2)7-13-22/h6-13,25H,5,14-18H2,1-4H3,(H,28,33)/t25-/m1/s1. The second-order valence-corrected chi connectivity index (χ2v) is 11.2. The monoisotopic (exact) mass is 542 g/mol. The van der Waals surface area contributed by atoms with Crippen LogP contribution in [0.1, 0.15) is 24.1 Å². The molecule has 11 heteroatoms. The van der Waals surface area contributed by atoms with Gasteiger partial charge in [0.05, 0.1) is 30.2 Å². The molecule has 0 radical (unpaired) electrons. The summed E-state index contributed by atoms with van der Waals surface area (Å²) in [6.07, 6.45) is 0. The average molecular weight is 543 g/mol. The van der Waals surface area contributed by atoms with Gasteiger partial charge in [0, 0.05) is 45.5 Å². The number of amides is 2. The summed E-state index contributed by atoms with van der Waals surface area (Å²) in [5.41, 5.74) is 2.60. The molecule has 0 unspecified atom stereocenters. The third-order valence-electron chi connectivity index (χ3n) is 6.88. The lowest BCUT2D eigenvalue weighted by molar-refractivity contribution is -0.139. The van der Waals surface area contributed by atoms with Gasteiger partial charge in [0.15, 0.2) is 0 Å². The molecular weight excluding hydrogens is 508 g/mol. The van der Waals surface area contributed by atoms with Crippen LogP contribution in [0, 0.1) is 6.92 Å². The zero-order valence-corrected chi connectivity index (χ0v) is 23.0. The molecule has 38 heavy (non-hydrogen) atoms. The molecule has 1 atom stereocenters. The van der Waals surface area contributed by atoms with E-state index in [1.165, 1.54) is 9.21 Å². The molecule has 0 aliphatic carbocycles. The van der Waals surface area contributed by atoms with Crippen LogP contribution in [0.15, 0.2) is 64.7 Å². The van der Waals surface area contributed by atoms with Gasteiger partial charge in [0.2, 0.25) is 10.0 Å². The molecule has 2 amide bonds. The minimum atomic E-state index is -3.60. The summed E-state index contributed by atoms with van der Waals surface area (Å²) in [7, 11) is -0.414. The normalized spacial score (nSPS) is 19.3. The number of esters is 1. The van der Waals surface area contributed by atoms with Crippen LogP contribution in [-0.4, -0.2) is 88.0 Å². The van der Waals surface area contributed by atoms with E-state index in [0.717, 1.165) is 11.1 Å². The lowest BCUT2D eigenvalue weighted by atomic mass is 9.94. The largest absolute Gasteiger partial charge is 0.497 e. The van der Waals surface area contributed by atoms with Gasteiger partial charge in [-0.1, -0.05) is 29.8 Å². The van der Waals surface area contributed by atoms with Crippen molar-refractivity contribution in [1.82, 2.24) is 19.4 Å². The van der Waals surface area contributed by atoms with Crippen molar-refractivity contribution in [3.05, 3.63) is 70.9 Å². The second-order valence-electron chi connectivity index (χ2n) is 9.29. The molecule has 2 aromatic carbocycles. The molecule has 1 saturated heterocycles. The predicted octanol–water partition coefficient (Wildman–Crippen LogP) is 2.52. The number of hydrogen-bond acceptors (Lipinski definition) is 7. The molecule has 0 spiro atoms. The van der Waals surface area contributed by atoms with Crippen molar-refractivity contribution < 1.29 is 27.5 Å². The summed E-state index contributed by atoms with van der Waals surface area (Å²) in [4.78, 5) is 29.9. The van der Waals surface area contributed by atoms with Crippen LogP contribution in [-0.2, 0) is 19.6 Å². The van der Waals surface area contributed by atoms with Gasteiger partial charge in [-0.3, -0.25) is 9.80 Å². The fourth-order valence-electron chi connectivity index (χ4n) is 4.64. The lowest BCUT2D eigenvalue weighted by Gasteiger charge is -2.39. The summed E-state index contributed by atoms with van der Waals surface area (Å²) < 4.78 is 38.3. The van der Waals surface area contributed by atoms with Crippen LogP contribution in [0.5, 0.6) is 5.75 Å². The van der Waals surface area contributed by atoms with E-state index in [2.05, 4.69) is 10.2 Å². The predicted molar refractivity (Wildman–Crippen MR) is 142 cm³/mol. The number of piperazine rings is 1. The van der Waals surface area contributed by atoms with Crippen LogP contribution < -0.4 is 10.1 Å². The van der Waals surface area contributed by atoms with Gasteiger partial charge >= 0.3 is 12.0 Å². The van der Waals surface area contributed by atoms with Crippen molar-refractivity contribution in [2.75, 3.05) is 53.5 Å². The number of hydrogen-bond donors (Lipinski definition) is 1. The highest BCUT2D eigenvalue weighted by atomic mass is 32.2. The topological polar surface area (TPSA) is 108 Å². The fraction of sp³-hybridized carbons (Fsp3) is 0.407. The minimum Gasteiger partial charge on any atom is -0.497 e. The Balaban J connectivity index is 1.58. The number of benzene rings is 2. The molecule has 0 bridgehead atoms. The molecule has 1 N–H and O–H groups in total. The molecule has 2 aliphatic heterocycles. The molecule has 2 heterocycles. The van der Waals surface area contributed by atoms with Crippen molar-refractivity contribution >= 4 is 22.0 Å². The second kappa shape index (κ2) is 11.5. The SMILES string of the molecule is CCOC(=O)C1=C(CN2CCN(S(=O)(=O)c3ccc(C)cc3)CC2)N(C)C(=O)N[C@@H]1c1ccc(OC)cc1. The van der Waals surface area contributed by atoms with Crippen molar-refractivity contribution in [1.29, 1.82) is 0 Å². The third-order valence-corrected chi connectivity index (χ3v) is 8.80. The lowest BCUT2D eigenvalue weighted by Crippen LogP contribution is -2.53. The highest BCUT2D eigenvalue weighted by molar-refractivity contribution is 7.89. The number of nitrogens with zero attached hydrogens (tertiary/aromatic N) is 3. The quantitative estimate of drug-likeness (QED) is 0.511. The zero-order valence-electron chi connectivity index (χ0n) is 22.1. The maximum atomic E-state index is 13.2. The zero-order chi connectivity index (χ0) is 27.4.